The molecule has 1 saturated heterocycles. The van der Waals surface area contributed by atoms with Crippen LogP contribution < -0.4 is 16.4 Å². The Kier molecular flexibility index (Phi) is 4.74. The van der Waals surface area contributed by atoms with Gasteiger partial charge >= 0.3 is 6.18 Å². The number of hydrogen-bond acceptors (Lipinski definition) is 6. The molecule has 1 aromatic rings. The van der Waals surface area contributed by atoms with E-state index in [1.807, 2.05) is 11.6 Å². The number of anilines is 1. The number of hydrogen-bond donors (Lipinski definition) is 3. The standard InChI is InChI=1S/C16H24F3N7/c1-10-12(8-22-26(10)11-4-6-25(3)7-5-11)23-14-21-9-13(16(17,18)19)15(2,20)24-14/h8-9,11H,4-7,20H2,1-3H3,(H2,21,23,24). The van der Waals surface area contributed by atoms with Crippen LogP contribution in [0.15, 0.2) is 23.0 Å². The van der Waals surface area contributed by atoms with Gasteiger partial charge in [-0.3, -0.25) is 4.68 Å². The topological polar surface area (TPSA) is 83.5 Å². The number of nitrogens with one attached hydrogen (secondary N) is 2. The molecule has 7 nitrogen and oxygen atoms in total. The molecule has 0 saturated carbocycles. The quantitative estimate of drug-likeness (QED) is 0.740. The highest BCUT2D eigenvalue weighted by Gasteiger charge is 2.45. The maximum absolute atomic E-state index is 13.0. The Morgan fingerprint density at radius 3 is 2.58 bits per heavy atom. The largest absolute Gasteiger partial charge is 0.417 e. The van der Waals surface area contributed by atoms with E-state index in [2.05, 4.69) is 32.7 Å². The van der Waals surface area contributed by atoms with Crippen molar-refractivity contribution in [1.29, 1.82) is 0 Å². The van der Waals surface area contributed by atoms with Gasteiger partial charge in [0.25, 0.3) is 0 Å². The van der Waals surface area contributed by atoms with Gasteiger partial charge in [0.05, 0.1) is 29.2 Å². The summed E-state index contributed by atoms with van der Waals surface area (Å²) in [6, 6.07) is 0.319. The summed E-state index contributed by atoms with van der Waals surface area (Å²) in [5.74, 6) is 0.161. The van der Waals surface area contributed by atoms with Gasteiger partial charge in [0.15, 0.2) is 0 Å². The van der Waals surface area contributed by atoms with Crippen molar-refractivity contribution in [2.75, 3.05) is 25.5 Å². The first-order chi connectivity index (χ1) is 12.1. The van der Waals surface area contributed by atoms with Crippen molar-refractivity contribution in [3.8, 4) is 0 Å². The summed E-state index contributed by atoms with van der Waals surface area (Å²) in [4.78, 5) is 6.25. The van der Waals surface area contributed by atoms with Gasteiger partial charge in [-0.2, -0.15) is 18.3 Å². The predicted molar refractivity (Wildman–Crippen MR) is 93.7 cm³/mol. The Bertz CT molecular complexity index is 725. The van der Waals surface area contributed by atoms with Crippen molar-refractivity contribution in [1.82, 2.24) is 20.0 Å². The van der Waals surface area contributed by atoms with Crippen LogP contribution in [-0.4, -0.2) is 52.6 Å². The average Bonchev–Trinajstić information content (AvgIpc) is 2.87. The van der Waals surface area contributed by atoms with Crippen molar-refractivity contribution in [3.63, 3.8) is 0 Å². The third-order valence-electron chi connectivity index (χ3n) is 4.88. The number of halogens is 3. The van der Waals surface area contributed by atoms with Crippen molar-refractivity contribution in [3.05, 3.63) is 23.7 Å². The molecule has 10 heteroatoms. The van der Waals surface area contributed by atoms with Crippen LogP contribution in [0.2, 0.25) is 0 Å². The van der Waals surface area contributed by atoms with E-state index >= 15 is 0 Å². The van der Waals surface area contributed by atoms with E-state index in [9.17, 15) is 13.2 Å². The molecule has 3 rings (SSSR count). The van der Waals surface area contributed by atoms with Gasteiger partial charge in [-0.25, -0.2) is 4.99 Å². The lowest BCUT2D eigenvalue weighted by molar-refractivity contribution is -0.100. The maximum Gasteiger partial charge on any atom is 0.417 e. The summed E-state index contributed by atoms with van der Waals surface area (Å²) in [5.41, 5.74) is 4.56. The summed E-state index contributed by atoms with van der Waals surface area (Å²) in [6.45, 7) is 5.17. The molecule has 2 aliphatic heterocycles. The number of alkyl halides is 3. The number of nitrogens with zero attached hydrogens (tertiary/aromatic N) is 4. The van der Waals surface area contributed by atoms with Gasteiger partial charge in [0.2, 0.25) is 5.96 Å². The molecular weight excluding hydrogens is 347 g/mol. The molecule has 3 heterocycles. The number of guanidine groups is 1. The predicted octanol–water partition coefficient (Wildman–Crippen LogP) is 1.95. The van der Waals surface area contributed by atoms with Crippen molar-refractivity contribution in [2.45, 2.75) is 44.6 Å². The van der Waals surface area contributed by atoms with Gasteiger partial charge in [0, 0.05) is 6.20 Å². The van der Waals surface area contributed by atoms with Gasteiger partial charge in [-0.15, -0.1) is 0 Å². The van der Waals surface area contributed by atoms with Gasteiger partial charge < -0.3 is 21.3 Å². The summed E-state index contributed by atoms with van der Waals surface area (Å²) in [5, 5.41) is 9.98. The lowest BCUT2D eigenvalue weighted by atomic mass is 10.0. The molecule has 0 aliphatic carbocycles. The number of aliphatic imine (C=N–C) groups is 1. The highest BCUT2D eigenvalue weighted by Crippen LogP contribution is 2.34. The molecule has 1 fully saturated rings. The first-order valence-electron chi connectivity index (χ1n) is 8.51. The minimum atomic E-state index is -4.54. The average molecular weight is 371 g/mol. The monoisotopic (exact) mass is 371 g/mol. The van der Waals surface area contributed by atoms with Crippen LogP contribution in [0, 0.1) is 6.92 Å². The number of rotatable bonds is 2. The second-order valence-corrected chi connectivity index (χ2v) is 7.06. The van der Waals surface area contributed by atoms with E-state index in [0.717, 1.165) is 37.8 Å². The number of likely N-dealkylation sites (tertiary alicyclic amines) is 1. The van der Waals surface area contributed by atoms with Crippen LogP contribution in [0.25, 0.3) is 0 Å². The number of aromatic nitrogens is 2. The molecule has 1 atom stereocenters. The molecule has 1 unspecified atom stereocenters. The number of nitrogens with two attached hydrogens (primary N) is 1. The Morgan fingerprint density at radius 1 is 1.35 bits per heavy atom. The fraction of sp³-hybridized carbons (Fsp3) is 0.625. The van der Waals surface area contributed by atoms with Crippen molar-refractivity contribution >= 4 is 11.6 Å². The Hall–Kier alpha value is -2.07. The van der Waals surface area contributed by atoms with Crippen LogP contribution in [0.4, 0.5) is 18.9 Å². The molecule has 2 aliphatic rings. The molecule has 4 N–H and O–H groups in total. The second kappa shape index (κ2) is 6.58. The third-order valence-corrected chi connectivity index (χ3v) is 4.88. The minimum Gasteiger partial charge on any atom is -0.332 e. The van der Waals surface area contributed by atoms with Crippen LogP contribution in [0.5, 0.6) is 0 Å². The van der Waals surface area contributed by atoms with Crippen molar-refractivity contribution < 1.29 is 13.2 Å². The van der Waals surface area contributed by atoms with Gasteiger partial charge in [-0.05, 0) is 46.8 Å². The van der Waals surface area contributed by atoms with E-state index in [-0.39, 0.29) is 5.96 Å². The molecule has 144 valence electrons. The maximum atomic E-state index is 13.0. The van der Waals surface area contributed by atoms with E-state index in [1.54, 1.807) is 6.20 Å². The van der Waals surface area contributed by atoms with Gasteiger partial charge in [-0.1, -0.05) is 0 Å². The summed E-state index contributed by atoms with van der Waals surface area (Å²) < 4.78 is 41.0. The van der Waals surface area contributed by atoms with E-state index in [0.29, 0.717) is 11.7 Å². The SMILES string of the molecule is Cc1c(NC2=NC(C)(N)C(C(F)(F)F)=CN2)cnn1C1CCN(C)CC1. The first-order valence-corrected chi connectivity index (χ1v) is 8.51. The fourth-order valence-corrected chi connectivity index (χ4v) is 3.33. The lowest BCUT2D eigenvalue weighted by Gasteiger charge is -2.30. The molecule has 1 aromatic heterocycles. The molecule has 0 spiro atoms. The molecule has 0 bridgehead atoms. The summed E-state index contributed by atoms with van der Waals surface area (Å²) in [7, 11) is 2.10. The zero-order valence-corrected chi connectivity index (χ0v) is 15.1. The summed E-state index contributed by atoms with van der Waals surface area (Å²) in [6.07, 6.45) is -0.00630. The molecular formula is C16H24F3N7. The smallest absolute Gasteiger partial charge is 0.332 e. The normalized spacial score (nSPS) is 25.5. The Labute approximate surface area is 150 Å². The number of piperidine rings is 1. The van der Waals surface area contributed by atoms with Crippen LogP contribution in [-0.2, 0) is 0 Å². The Balaban J connectivity index is 1.74. The van der Waals surface area contributed by atoms with Crippen LogP contribution >= 0.6 is 0 Å². The zero-order valence-electron chi connectivity index (χ0n) is 15.1. The molecule has 0 radical (unpaired) electrons. The Morgan fingerprint density at radius 2 is 2.00 bits per heavy atom. The highest BCUT2D eigenvalue weighted by molar-refractivity contribution is 5.95. The van der Waals surface area contributed by atoms with E-state index in [1.165, 1.54) is 6.92 Å². The first kappa shape index (κ1) is 18.7. The minimum absolute atomic E-state index is 0.161. The summed E-state index contributed by atoms with van der Waals surface area (Å²) >= 11 is 0. The van der Waals surface area contributed by atoms with Crippen molar-refractivity contribution in [2.24, 2.45) is 10.7 Å². The van der Waals surface area contributed by atoms with E-state index in [4.69, 9.17) is 5.73 Å². The molecule has 0 aromatic carbocycles. The third kappa shape index (κ3) is 3.70. The zero-order chi connectivity index (χ0) is 19.1. The van der Waals surface area contributed by atoms with Crippen LogP contribution in [0.1, 0.15) is 31.5 Å². The highest BCUT2D eigenvalue weighted by atomic mass is 19.4. The molecule has 26 heavy (non-hydrogen) atoms. The van der Waals surface area contributed by atoms with Gasteiger partial charge in [0.1, 0.15) is 5.66 Å². The van der Waals surface area contributed by atoms with Crippen LogP contribution in [0.3, 0.4) is 0 Å². The second-order valence-electron chi connectivity index (χ2n) is 7.06. The van der Waals surface area contributed by atoms with E-state index < -0.39 is 17.4 Å². The molecule has 0 amide bonds. The lowest BCUT2D eigenvalue weighted by Crippen LogP contribution is -2.49. The fourth-order valence-electron chi connectivity index (χ4n) is 3.33.